The zero-order valence-electron chi connectivity index (χ0n) is 25.3. The van der Waals surface area contributed by atoms with E-state index >= 15 is 0 Å². The molecule has 214 valence electrons. The van der Waals surface area contributed by atoms with Crippen LogP contribution in [0, 0.1) is 11.8 Å². The fourth-order valence-electron chi connectivity index (χ4n) is 6.05. The molecule has 1 saturated heterocycles. The first-order valence-corrected chi connectivity index (χ1v) is 15.5. The number of nitrogens with one attached hydrogen (secondary N) is 2. The SMILES string of the molecule is CCCCC(CC)CN1CN(CC(CC)CCCC)CC(C)(NCCNCCc2ccccc2OC)C1. The molecule has 1 aliphatic rings. The lowest BCUT2D eigenvalue weighted by Gasteiger charge is -2.48. The summed E-state index contributed by atoms with van der Waals surface area (Å²) in [6.45, 7) is 20.8. The quantitative estimate of drug-likeness (QED) is 0.202. The van der Waals surface area contributed by atoms with Crippen LogP contribution < -0.4 is 15.4 Å². The van der Waals surface area contributed by atoms with Gasteiger partial charge in [0.1, 0.15) is 5.75 Å². The van der Waals surface area contributed by atoms with Crippen molar-refractivity contribution in [3.05, 3.63) is 29.8 Å². The van der Waals surface area contributed by atoms with Gasteiger partial charge in [-0.2, -0.15) is 0 Å². The molecule has 0 radical (unpaired) electrons. The van der Waals surface area contributed by atoms with E-state index in [4.69, 9.17) is 4.74 Å². The van der Waals surface area contributed by atoms with Crippen LogP contribution in [0.2, 0.25) is 0 Å². The van der Waals surface area contributed by atoms with Crippen LogP contribution in [0.15, 0.2) is 24.3 Å². The number of hydrogen-bond acceptors (Lipinski definition) is 5. The van der Waals surface area contributed by atoms with Gasteiger partial charge in [-0.3, -0.25) is 9.80 Å². The summed E-state index contributed by atoms with van der Waals surface area (Å²) in [4.78, 5) is 5.53. The molecule has 0 saturated carbocycles. The predicted octanol–water partition coefficient (Wildman–Crippen LogP) is 6.18. The van der Waals surface area contributed by atoms with Crippen molar-refractivity contribution in [1.29, 1.82) is 0 Å². The molecule has 5 heteroatoms. The third-order valence-corrected chi connectivity index (χ3v) is 8.28. The van der Waals surface area contributed by atoms with Crippen LogP contribution in [-0.2, 0) is 6.42 Å². The second-order valence-electron chi connectivity index (χ2n) is 11.8. The summed E-state index contributed by atoms with van der Waals surface area (Å²) in [5, 5.41) is 7.63. The first kappa shape index (κ1) is 32.1. The molecule has 1 aromatic carbocycles. The molecule has 37 heavy (non-hydrogen) atoms. The Morgan fingerprint density at radius 2 is 1.46 bits per heavy atom. The molecular weight excluding hydrogens is 456 g/mol. The van der Waals surface area contributed by atoms with E-state index in [1.165, 1.54) is 70.0 Å². The zero-order valence-corrected chi connectivity index (χ0v) is 25.3. The van der Waals surface area contributed by atoms with Crippen molar-refractivity contribution in [3.8, 4) is 5.75 Å². The van der Waals surface area contributed by atoms with Gasteiger partial charge in [0.15, 0.2) is 0 Å². The molecule has 1 aliphatic heterocycles. The number of rotatable bonds is 20. The highest BCUT2D eigenvalue weighted by Gasteiger charge is 2.35. The Kier molecular flexibility index (Phi) is 15.8. The molecule has 1 heterocycles. The van der Waals surface area contributed by atoms with Crippen molar-refractivity contribution in [1.82, 2.24) is 20.4 Å². The summed E-state index contributed by atoms with van der Waals surface area (Å²) in [5.41, 5.74) is 1.41. The fourth-order valence-corrected chi connectivity index (χ4v) is 6.05. The summed E-state index contributed by atoms with van der Waals surface area (Å²) >= 11 is 0. The number of nitrogens with zero attached hydrogens (tertiary/aromatic N) is 2. The van der Waals surface area contributed by atoms with Gasteiger partial charge in [-0.05, 0) is 56.2 Å². The topological polar surface area (TPSA) is 39.8 Å². The average Bonchev–Trinajstić information content (AvgIpc) is 2.90. The minimum absolute atomic E-state index is 0.134. The third-order valence-electron chi connectivity index (χ3n) is 8.28. The molecule has 2 atom stereocenters. The Labute approximate surface area is 230 Å². The van der Waals surface area contributed by atoms with Crippen LogP contribution in [0.1, 0.15) is 91.5 Å². The predicted molar refractivity (Wildman–Crippen MR) is 161 cm³/mol. The van der Waals surface area contributed by atoms with E-state index in [1.54, 1.807) is 7.11 Å². The number of methoxy groups -OCH3 is 1. The van der Waals surface area contributed by atoms with Crippen LogP contribution in [0.5, 0.6) is 5.75 Å². The van der Waals surface area contributed by atoms with Gasteiger partial charge in [-0.25, -0.2) is 0 Å². The molecule has 0 spiro atoms. The molecular formula is C32H60N4O. The minimum Gasteiger partial charge on any atom is -0.496 e. The number of hydrogen-bond donors (Lipinski definition) is 2. The maximum atomic E-state index is 5.50. The van der Waals surface area contributed by atoms with Gasteiger partial charge in [0.05, 0.1) is 13.8 Å². The highest BCUT2D eigenvalue weighted by atomic mass is 16.5. The highest BCUT2D eigenvalue weighted by molar-refractivity contribution is 5.33. The van der Waals surface area contributed by atoms with Crippen molar-refractivity contribution < 1.29 is 4.74 Å². The fraction of sp³-hybridized carbons (Fsp3) is 0.812. The van der Waals surface area contributed by atoms with Gasteiger partial charge < -0.3 is 15.4 Å². The second kappa shape index (κ2) is 18.2. The van der Waals surface area contributed by atoms with E-state index in [0.717, 1.165) is 63.4 Å². The van der Waals surface area contributed by atoms with Crippen molar-refractivity contribution in [3.63, 3.8) is 0 Å². The Bertz CT molecular complexity index is 686. The molecule has 5 nitrogen and oxygen atoms in total. The van der Waals surface area contributed by atoms with Gasteiger partial charge in [0, 0.05) is 44.8 Å². The Balaban J connectivity index is 1.90. The molecule has 2 rings (SSSR count). The number of unbranched alkanes of at least 4 members (excludes halogenated alkanes) is 2. The monoisotopic (exact) mass is 516 g/mol. The standard InChI is InChI=1S/C32H60N4O/c1-7-11-15-28(9-3)23-35-25-32(5,26-36(27-35)24-29(10-4)16-12-8-2)34-22-21-33-20-19-30-17-13-14-18-31(30)37-6/h13-14,17-18,28-29,33-34H,7-12,15-16,19-27H2,1-6H3. The number of ether oxygens (including phenoxy) is 1. The van der Waals surface area contributed by atoms with E-state index in [-0.39, 0.29) is 5.54 Å². The smallest absolute Gasteiger partial charge is 0.122 e. The van der Waals surface area contributed by atoms with Gasteiger partial charge in [0.2, 0.25) is 0 Å². The summed E-state index contributed by atoms with van der Waals surface area (Å²) in [5.74, 6) is 2.64. The second-order valence-corrected chi connectivity index (χ2v) is 11.8. The lowest BCUT2D eigenvalue weighted by atomic mass is 9.93. The Morgan fingerprint density at radius 3 is 2.00 bits per heavy atom. The summed E-state index contributed by atoms with van der Waals surface area (Å²) in [6.07, 6.45) is 11.7. The number of benzene rings is 1. The molecule has 0 bridgehead atoms. The average molecular weight is 517 g/mol. The lowest BCUT2D eigenvalue weighted by molar-refractivity contribution is 0.00520. The maximum absolute atomic E-state index is 5.50. The van der Waals surface area contributed by atoms with E-state index in [1.807, 2.05) is 6.07 Å². The molecule has 0 aliphatic carbocycles. The van der Waals surface area contributed by atoms with E-state index in [2.05, 4.69) is 73.3 Å². The van der Waals surface area contributed by atoms with Gasteiger partial charge in [-0.1, -0.05) is 84.4 Å². The van der Waals surface area contributed by atoms with Crippen molar-refractivity contribution in [2.45, 2.75) is 97.9 Å². The van der Waals surface area contributed by atoms with Crippen LogP contribution in [-0.4, -0.2) is 74.9 Å². The summed E-state index contributed by atoms with van der Waals surface area (Å²) in [6, 6.07) is 8.35. The molecule has 2 unspecified atom stereocenters. The minimum atomic E-state index is 0.134. The van der Waals surface area contributed by atoms with E-state index in [0.29, 0.717) is 0 Å². The van der Waals surface area contributed by atoms with E-state index < -0.39 is 0 Å². The zero-order chi connectivity index (χ0) is 26.9. The van der Waals surface area contributed by atoms with Gasteiger partial charge >= 0.3 is 0 Å². The largest absolute Gasteiger partial charge is 0.496 e. The van der Waals surface area contributed by atoms with Crippen LogP contribution in [0.25, 0.3) is 0 Å². The first-order chi connectivity index (χ1) is 18.0. The molecule has 1 fully saturated rings. The van der Waals surface area contributed by atoms with Gasteiger partial charge in [0.25, 0.3) is 0 Å². The Morgan fingerprint density at radius 1 is 0.865 bits per heavy atom. The van der Waals surface area contributed by atoms with E-state index in [9.17, 15) is 0 Å². The first-order valence-electron chi connectivity index (χ1n) is 15.5. The van der Waals surface area contributed by atoms with Crippen LogP contribution in [0.3, 0.4) is 0 Å². The molecule has 0 amide bonds. The maximum Gasteiger partial charge on any atom is 0.122 e. The highest BCUT2D eigenvalue weighted by Crippen LogP contribution is 2.24. The normalized spacial score (nSPS) is 20.7. The summed E-state index contributed by atoms with van der Waals surface area (Å²) < 4.78 is 5.50. The summed E-state index contributed by atoms with van der Waals surface area (Å²) in [7, 11) is 1.76. The van der Waals surface area contributed by atoms with Crippen LogP contribution >= 0.6 is 0 Å². The number of para-hydroxylation sites is 1. The Hall–Kier alpha value is -1.14. The van der Waals surface area contributed by atoms with Crippen molar-refractivity contribution in [2.75, 3.05) is 59.6 Å². The molecule has 0 aromatic heterocycles. The third kappa shape index (κ3) is 12.1. The van der Waals surface area contributed by atoms with Crippen LogP contribution in [0.4, 0.5) is 0 Å². The molecule has 2 N–H and O–H groups in total. The molecule has 1 aromatic rings. The van der Waals surface area contributed by atoms with Crippen molar-refractivity contribution >= 4 is 0 Å². The van der Waals surface area contributed by atoms with Gasteiger partial charge in [-0.15, -0.1) is 0 Å². The lowest BCUT2D eigenvalue weighted by Crippen LogP contribution is -2.65. The van der Waals surface area contributed by atoms with Crippen molar-refractivity contribution in [2.24, 2.45) is 11.8 Å².